The molecule has 0 radical (unpaired) electrons. The predicted molar refractivity (Wildman–Crippen MR) is 79.4 cm³/mol. The molecule has 0 unspecified atom stereocenters. The second-order valence-corrected chi connectivity index (χ2v) is 5.26. The molecule has 4 nitrogen and oxygen atoms in total. The molecule has 0 bridgehead atoms. The van der Waals surface area contributed by atoms with Gasteiger partial charge in [-0.15, -0.1) is 0 Å². The highest BCUT2D eigenvalue weighted by molar-refractivity contribution is 9.10. The lowest BCUT2D eigenvalue weighted by Crippen LogP contribution is -2.40. The summed E-state index contributed by atoms with van der Waals surface area (Å²) in [5.41, 5.74) is 0.423. The van der Waals surface area contributed by atoms with Crippen molar-refractivity contribution >= 4 is 39.3 Å². The maximum absolute atomic E-state index is 11.9. The quantitative estimate of drug-likeness (QED) is 0.890. The molecule has 1 aromatic carbocycles. The predicted octanol–water partition coefficient (Wildman–Crippen LogP) is 2.70. The molecule has 1 rings (SSSR count). The van der Waals surface area contributed by atoms with Crippen LogP contribution in [0.25, 0.3) is 0 Å². The Morgan fingerprint density at radius 2 is 1.89 bits per heavy atom. The van der Waals surface area contributed by atoms with E-state index in [0.29, 0.717) is 23.7 Å². The van der Waals surface area contributed by atoms with Gasteiger partial charge in [0.15, 0.2) is 0 Å². The molecule has 2 amide bonds. The molecule has 0 saturated heterocycles. The van der Waals surface area contributed by atoms with E-state index in [-0.39, 0.29) is 18.4 Å². The van der Waals surface area contributed by atoms with Crippen molar-refractivity contribution in [3.05, 3.63) is 33.3 Å². The van der Waals surface area contributed by atoms with E-state index < -0.39 is 0 Å². The average Bonchev–Trinajstić information content (AvgIpc) is 2.36. The Morgan fingerprint density at radius 1 is 1.26 bits per heavy atom. The highest BCUT2D eigenvalue weighted by atomic mass is 79.9. The van der Waals surface area contributed by atoms with Crippen molar-refractivity contribution in [3.63, 3.8) is 0 Å². The largest absolute Gasteiger partial charge is 0.343 e. The minimum atomic E-state index is -0.316. The van der Waals surface area contributed by atoms with Gasteiger partial charge < -0.3 is 10.2 Å². The topological polar surface area (TPSA) is 49.4 Å². The lowest BCUT2D eigenvalue weighted by atomic mass is 10.2. The summed E-state index contributed by atoms with van der Waals surface area (Å²) in [7, 11) is 0. The Bertz CT molecular complexity index is 455. The first-order valence-electron chi connectivity index (χ1n) is 6.00. The number of hydrogen-bond acceptors (Lipinski definition) is 2. The molecule has 19 heavy (non-hydrogen) atoms. The second-order valence-electron chi connectivity index (χ2n) is 3.91. The number of halogens is 2. The number of rotatable bonds is 5. The van der Waals surface area contributed by atoms with Crippen LogP contribution in [0.4, 0.5) is 0 Å². The van der Waals surface area contributed by atoms with Gasteiger partial charge >= 0.3 is 0 Å². The van der Waals surface area contributed by atoms with Crippen molar-refractivity contribution in [3.8, 4) is 0 Å². The molecule has 1 aromatic rings. The molecule has 0 atom stereocenters. The number of carbonyl (C=O) groups is 2. The van der Waals surface area contributed by atoms with Crippen LogP contribution in [0.1, 0.15) is 24.2 Å². The lowest BCUT2D eigenvalue weighted by molar-refractivity contribution is -0.129. The maximum Gasteiger partial charge on any atom is 0.251 e. The highest BCUT2D eigenvalue weighted by Crippen LogP contribution is 2.19. The monoisotopic (exact) mass is 346 g/mol. The maximum atomic E-state index is 11.9. The first-order chi connectivity index (χ1) is 8.97. The van der Waals surface area contributed by atoms with E-state index >= 15 is 0 Å². The van der Waals surface area contributed by atoms with Crippen molar-refractivity contribution in [2.45, 2.75) is 13.8 Å². The zero-order valence-corrected chi connectivity index (χ0v) is 13.2. The van der Waals surface area contributed by atoms with E-state index in [0.717, 1.165) is 4.47 Å². The molecule has 1 N–H and O–H groups in total. The average molecular weight is 348 g/mol. The Balaban J connectivity index is 2.63. The van der Waals surface area contributed by atoms with Crippen molar-refractivity contribution in [1.29, 1.82) is 0 Å². The second kappa shape index (κ2) is 7.50. The van der Waals surface area contributed by atoms with Crippen LogP contribution in [0, 0.1) is 0 Å². The summed E-state index contributed by atoms with van der Waals surface area (Å²) in [5.74, 6) is -0.414. The first kappa shape index (κ1) is 16.0. The van der Waals surface area contributed by atoms with Crippen LogP contribution in [0.15, 0.2) is 22.7 Å². The Kier molecular flexibility index (Phi) is 6.31. The molecular formula is C13H16BrClN2O2. The van der Waals surface area contributed by atoms with Crippen molar-refractivity contribution in [2.75, 3.05) is 19.6 Å². The molecule has 0 spiro atoms. The fourth-order valence-electron chi connectivity index (χ4n) is 1.63. The number of carbonyl (C=O) groups excluding carboxylic acids is 2. The Morgan fingerprint density at radius 3 is 2.42 bits per heavy atom. The normalized spacial score (nSPS) is 10.1. The minimum absolute atomic E-state index is 0.00928. The highest BCUT2D eigenvalue weighted by Gasteiger charge is 2.12. The van der Waals surface area contributed by atoms with Crippen LogP contribution in [-0.2, 0) is 4.79 Å². The van der Waals surface area contributed by atoms with Gasteiger partial charge in [0.2, 0.25) is 5.91 Å². The third-order valence-electron chi connectivity index (χ3n) is 2.64. The fourth-order valence-corrected chi connectivity index (χ4v) is 2.49. The summed E-state index contributed by atoms with van der Waals surface area (Å²) < 4.78 is 0.722. The summed E-state index contributed by atoms with van der Waals surface area (Å²) in [5, 5.41) is 3.06. The molecule has 6 heteroatoms. The van der Waals surface area contributed by atoms with Crippen LogP contribution in [0.3, 0.4) is 0 Å². The summed E-state index contributed by atoms with van der Waals surface area (Å²) in [6.07, 6.45) is 0. The summed E-state index contributed by atoms with van der Waals surface area (Å²) in [4.78, 5) is 25.3. The molecule has 0 aliphatic rings. The van der Waals surface area contributed by atoms with Crippen molar-refractivity contribution < 1.29 is 9.59 Å². The van der Waals surface area contributed by atoms with Gasteiger partial charge in [0, 0.05) is 28.1 Å². The Hall–Kier alpha value is -1.07. The third kappa shape index (κ3) is 4.84. The molecular weight excluding hydrogens is 332 g/mol. The van der Waals surface area contributed by atoms with Crippen LogP contribution >= 0.6 is 27.5 Å². The van der Waals surface area contributed by atoms with Gasteiger partial charge in [-0.3, -0.25) is 9.59 Å². The smallest absolute Gasteiger partial charge is 0.251 e. The minimum Gasteiger partial charge on any atom is -0.343 e. The zero-order chi connectivity index (χ0) is 14.4. The van der Waals surface area contributed by atoms with Gasteiger partial charge in [-0.05, 0) is 32.0 Å². The zero-order valence-electron chi connectivity index (χ0n) is 10.9. The summed E-state index contributed by atoms with van der Waals surface area (Å²) in [6, 6.07) is 4.91. The molecule has 0 aliphatic heterocycles. The van der Waals surface area contributed by atoms with Gasteiger partial charge in [0.05, 0.1) is 6.54 Å². The Labute approximate surface area is 126 Å². The van der Waals surface area contributed by atoms with Crippen LogP contribution in [0.5, 0.6) is 0 Å². The molecule has 0 saturated carbocycles. The van der Waals surface area contributed by atoms with E-state index in [9.17, 15) is 9.59 Å². The molecule has 0 heterocycles. The van der Waals surface area contributed by atoms with E-state index in [2.05, 4.69) is 21.2 Å². The van der Waals surface area contributed by atoms with Crippen LogP contribution in [-0.4, -0.2) is 36.3 Å². The number of benzene rings is 1. The summed E-state index contributed by atoms with van der Waals surface area (Å²) >= 11 is 9.13. The van der Waals surface area contributed by atoms with Crippen molar-refractivity contribution in [2.24, 2.45) is 0 Å². The number of nitrogens with one attached hydrogen (secondary N) is 1. The summed E-state index contributed by atoms with van der Waals surface area (Å²) in [6.45, 7) is 5.06. The first-order valence-corrected chi connectivity index (χ1v) is 7.17. The lowest BCUT2D eigenvalue weighted by Gasteiger charge is -2.18. The molecule has 0 fully saturated rings. The number of nitrogens with zero attached hydrogens (tertiary/aromatic N) is 1. The SMILES string of the molecule is CCN(CC)C(=O)CNC(=O)c1cc(Cl)cc(Br)c1. The van der Waals surface area contributed by atoms with E-state index in [4.69, 9.17) is 11.6 Å². The molecule has 0 aromatic heterocycles. The van der Waals surface area contributed by atoms with E-state index in [1.165, 1.54) is 0 Å². The molecule has 0 aliphatic carbocycles. The van der Waals surface area contributed by atoms with Crippen LogP contribution in [0.2, 0.25) is 5.02 Å². The van der Waals surface area contributed by atoms with Crippen LogP contribution < -0.4 is 5.32 Å². The number of hydrogen-bond donors (Lipinski definition) is 1. The standard InChI is InChI=1S/C13H16BrClN2O2/c1-3-17(4-2)12(18)8-16-13(19)9-5-10(14)7-11(15)6-9/h5-7H,3-4,8H2,1-2H3,(H,16,19). The third-order valence-corrected chi connectivity index (χ3v) is 3.32. The van der Waals surface area contributed by atoms with Gasteiger partial charge in [-0.2, -0.15) is 0 Å². The molecule has 104 valence electrons. The number of likely N-dealkylation sites (N-methyl/N-ethyl adjacent to an activating group) is 1. The van der Waals surface area contributed by atoms with Gasteiger partial charge in [0.25, 0.3) is 5.91 Å². The van der Waals surface area contributed by atoms with E-state index in [1.54, 1.807) is 23.1 Å². The van der Waals surface area contributed by atoms with Gasteiger partial charge in [-0.25, -0.2) is 0 Å². The van der Waals surface area contributed by atoms with Gasteiger partial charge in [-0.1, -0.05) is 27.5 Å². The van der Waals surface area contributed by atoms with Gasteiger partial charge in [0.1, 0.15) is 0 Å². The van der Waals surface area contributed by atoms with Crippen molar-refractivity contribution in [1.82, 2.24) is 10.2 Å². The van der Waals surface area contributed by atoms with E-state index in [1.807, 2.05) is 13.8 Å². The number of amides is 2. The fraction of sp³-hybridized carbons (Fsp3) is 0.385.